The fraction of sp³-hybridized carbons (Fsp3) is 0.381. The summed E-state index contributed by atoms with van der Waals surface area (Å²) in [6.07, 6.45) is 4.71. The second kappa shape index (κ2) is 7.52. The minimum Gasteiger partial charge on any atom is -0.492 e. The molecule has 0 fully saturated rings. The number of carbonyl (C=O) groups excluding carboxylic acids is 1. The van der Waals surface area contributed by atoms with Crippen LogP contribution in [0.2, 0.25) is 0 Å². The van der Waals surface area contributed by atoms with Crippen LogP contribution in [0.4, 0.5) is 0 Å². The fourth-order valence-electron chi connectivity index (χ4n) is 3.33. The first kappa shape index (κ1) is 16.6. The number of aryl methyl sites for hydroxylation is 4. The fourth-order valence-corrected chi connectivity index (χ4v) is 3.33. The Bertz CT molecular complexity index is 716. The van der Waals surface area contributed by atoms with Crippen LogP contribution in [-0.4, -0.2) is 19.1 Å². The molecule has 2 aromatic carbocycles. The van der Waals surface area contributed by atoms with Crippen molar-refractivity contribution >= 4 is 5.91 Å². The first-order valence-corrected chi connectivity index (χ1v) is 8.73. The molecule has 0 saturated heterocycles. The van der Waals surface area contributed by atoms with E-state index in [0.29, 0.717) is 13.2 Å². The predicted molar refractivity (Wildman–Crippen MR) is 96.8 cm³/mol. The molecule has 1 N–H and O–H groups in total. The maximum atomic E-state index is 12.3. The van der Waals surface area contributed by atoms with Gasteiger partial charge in [0.2, 0.25) is 0 Å². The van der Waals surface area contributed by atoms with E-state index in [-0.39, 0.29) is 5.91 Å². The molecule has 0 unspecified atom stereocenters. The van der Waals surface area contributed by atoms with Crippen molar-refractivity contribution in [2.24, 2.45) is 0 Å². The molecule has 3 heteroatoms. The van der Waals surface area contributed by atoms with Gasteiger partial charge in [0.05, 0.1) is 6.54 Å². The van der Waals surface area contributed by atoms with E-state index in [0.717, 1.165) is 24.2 Å². The van der Waals surface area contributed by atoms with Gasteiger partial charge in [-0.25, -0.2) is 0 Å². The van der Waals surface area contributed by atoms with Gasteiger partial charge in [0.1, 0.15) is 12.4 Å². The van der Waals surface area contributed by atoms with Gasteiger partial charge in [-0.05, 0) is 86.1 Å². The zero-order valence-corrected chi connectivity index (χ0v) is 14.5. The van der Waals surface area contributed by atoms with Crippen molar-refractivity contribution in [1.82, 2.24) is 5.32 Å². The second-order valence-corrected chi connectivity index (χ2v) is 6.62. The number of rotatable bonds is 5. The molecule has 1 aliphatic carbocycles. The normalized spacial score (nSPS) is 13.2. The van der Waals surface area contributed by atoms with Gasteiger partial charge in [-0.1, -0.05) is 12.1 Å². The third-order valence-corrected chi connectivity index (χ3v) is 4.46. The van der Waals surface area contributed by atoms with Crippen molar-refractivity contribution in [2.75, 3.05) is 13.2 Å². The molecular weight excluding hydrogens is 298 g/mol. The van der Waals surface area contributed by atoms with Gasteiger partial charge in [0.15, 0.2) is 0 Å². The zero-order chi connectivity index (χ0) is 16.9. The molecule has 126 valence electrons. The number of carbonyl (C=O) groups is 1. The van der Waals surface area contributed by atoms with E-state index in [9.17, 15) is 4.79 Å². The largest absolute Gasteiger partial charge is 0.492 e. The lowest BCUT2D eigenvalue weighted by atomic mass is 9.90. The topological polar surface area (TPSA) is 38.3 Å². The molecule has 1 amide bonds. The molecule has 0 heterocycles. The van der Waals surface area contributed by atoms with Crippen molar-refractivity contribution in [1.29, 1.82) is 0 Å². The molecule has 0 aromatic heterocycles. The van der Waals surface area contributed by atoms with Gasteiger partial charge in [-0.3, -0.25) is 4.79 Å². The quantitative estimate of drug-likeness (QED) is 0.845. The van der Waals surface area contributed by atoms with Crippen LogP contribution >= 0.6 is 0 Å². The van der Waals surface area contributed by atoms with E-state index < -0.39 is 0 Å². The number of ether oxygens (including phenoxy) is 1. The molecule has 0 atom stereocenters. The lowest BCUT2D eigenvalue weighted by Crippen LogP contribution is -2.28. The summed E-state index contributed by atoms with van der Waals surface area (Å²) in [6.45, 7) is 5.08. The number of benzene rings is 2. The standard InChI is InChI=1S/C21H25NO2/c1-15-11-16(2)13-20(12-15)24-10-9-22-21(23)19-8-7-17-5-3-4-6-18(17)14-19/h7-8,11-14H,3-6,9-10H2,1-2H3,(H,22,23). The van der Waals surface area contributed by atoms with E-state index in [1.54, 1.807) is 0 Å². The molecule has 24 heavy (non-hydrogen) atoms. The van der Waals surface area contributed by atoms with Gasteiger partial charge in [-0.2, -0.15) is 0 Å². The maximum absolute atomic E-state index is 12.3. The average molecular weight is 323 g/mol. The Balaban J connectivity index is 1.50. The lowest BCUT2D eigenvalue weighted by molar-refractivity contribution is 0.0947. The number of nitrogens with one attached hydrogen (secondary N) is 1. The highest BCUT2D eigenvalue weighted by Crippen LogP contribution is 2.22. The molecule has 0 bridgehead atoms. The zero-order valence-electron chi connectivity index (χ0n) is 14.5. The lowest BCUT2D eigenvalue weighted by Gasteiger charge is -2.16. The number of hydrogen-bond donors (Lipinski definition) is 1. The van der Waals surface area contributed by atoms with E-state index in [1.807, 2.05) is 18.2 Å². The third kappa shape index (κ3) is 4.16. The van der Waals surface area contributed by atoms with E-state index in [2.05, 4.69) is 37.4 Å². The minimum atomic E-state index is -0.0209. The van der Waals surface area contributed by atoms with E-state index >= 15 is 0 Å². The molecule has 0 saturated carbocycles. The number of amides is 1. The molecule has 0 aliphatic heterocycles. The molecule has 0 radical (unpaired) electrons. The molecular formula is C21H25NO2. The van der Waals surface area contributed by atoms with Crippen LogP contribution in [0.5, 0.6) is 5.75 Å². The molecule has 0 spiro atoms. The SMILES string of the molecule is Cc1cc(C)cc(OCCNC(=O)c2ccc3c(c2)CCCC3)c1. The predicted octanol–water partition coefficient (Wildman–Crippen LogP) is 3.99. The van der Waals surface area contributed by atoms with Crippen LogP contribution in [-0.2, 0) is 12.8 Å². The van der Waals surface area contributed by atoms with Crippen molar-refractivity contribution in [3.8, 4) is 5.75 Å². The summed E-state index contributed by atoms with van der Waals surface area (Å²) in [5.74, 6) is 0.836. The van der Waals surface area contributed by atoms with E-state index in [4.69, 9.17) is 4.74 Å². The summed E-state index contributed by atoms with van der Waals surface area (Å²) >= 11 is 0. The van der Waals surface area contributed by atoms with Gasteiger partial charge in [0, 0.05) is 5.56 Å². The monoisotopic (exact) mass is 323 g/mol. The van der Waals surface area contributed by atoms with Gasteiger partial charge in [-0.15, -0.1) is 0 Å². The Morgan fingerprint density at radius 2 is 1.71 bits per heavy atom. The van der Waals surface area contributed by atoms with Crippen LogP contribution < -0.4 is 10.1 Å². The van der Waals surface area contributed by atoms with Crippen LogP contribution in [0.3, 0.4) is 0 Å². The van der Waals surface area contributed by atoms with Crippen LogP contribution in [0, 0.1) is 13.8 Å². The second-order valence-electron chi connectivity index (χ2n) is 6.62. The Labute approximate surface area is 144 Å². The summed E-state index contributed by atoms with van der Waals surface area (Å²) in [6, 6.07) is 12.2. The first-order valence-electron chi connectivity index (χ1n) is 8.73. The van der Waals surface area contributed by atoms with Crippen molar-refractivity contribution in [3.05, 3.63) is 64.2 Å². The number of hydrogen-bond acceptors (Lipinski definition) is 2. The van der Waals surface area contributed by atoms with Crippen LogP contribution in [0.1, 0.15) is 45.5 Å². The molecule has 2 aromatic rings. The van der Waals surface area contributed by atoms with Gasteiger partial charge < -0.3 is 10.1 Å². The molecule has 1 aliphatic rings. The Kier molecular flexibility index (Phi) is 5.19. The third-order valence-electron chi connectivity index (χ3n) is 4.46. The summed E-state index contributed by atoms with van der Waals surface area (Å²) < 4.78 is 5.73. The Morgan fingerprint density at radius 3 is 2.46 bits per heavy atom. The number of fused-ring (bicyclic) bond motifs is 1. The van der Waals surface area contributed by atoms with Crippen molar-refractivity contribution in [2.45, 2.75) is 39.5 Å². The van der Waals surface area contributed by atoms with Crippen molar-refractivity contribution < 1.29 is 9.53 Å². The summed E-state index contributed by atoms with van der Waals surface area (Å²) in [7, 11) is 0. The first-order chi connectivity index (χ1) is 11.6. The maximum Gasteiger partial charge on any atom is 0.251 e. The smallest absolute Gasteiger partial charge is 0.251 e. The Hall–Kier alpha value is -2.29. The summed E-state index contributed by atoms with van der Waals surface area (Å²) in [4.78, 5) is 12.3. The molecule has 3 nitrogen and oxygen atoms in total. The van der Waals surface area contributed by atoms with E-state index in [1.165, 1.54) is 35.1 Å². The summed E-state index contributed by atoms with van der Waals surface area (Å²) in [5, 5.41) is 2.94. The van der Waals surface area contributed by atoms with Gasteiger partial charge >= 0.3 is 0 Å². The Morgan fingerprint density at radius 1 is 1.00 bits per heavy atom. The molecule has 3 rings (SSSR count). The average Bonchev–Trinajstić information content (AvgIpc) is 2.57. The highest BCUT2D eigenvalue weighted by atomic mass is 16.5. The van der Waals surface area contributed by atoms with Crippen molar-refractivity contribution in [3.63, 3.8) is 0 Å². The highest BCUT2D eigenvalue weighted by molar-refractivity contribution is 5.94. The van der Waals surface area contributed by atoms with Crippen LogP contribution in [0.25, 0.3) is 0 Å². The van der Waals surface area contributed by atoms with Gasteiger partial charge in [0.25, 0.3) is 5.91 Å². The summed E-state index contributed by atoms with van der Waals surface area (Å²) in [5.41, 5.74) is 5.85. The van der Waals surface area contributed by atoms with Crippen LogP contribution in [0.15, 0.2) is 36.4 Å². The highest BCUT2D eigenvalue weighted by Gasteiger charge is 2.12. The minimum absolute atomic E-state index is 0.0209.